The summed E-state index contributed by atoms with van der Waals surface area (Å²) in [5, 5.41) is 2.63. The minimum absolute atomic E-state index is 0.0871. The molecule has 0 unspecified atom stereocenters. The fourth-order valence-electron chi connectivity index (χ4n) is 0.306. The van der Waals surface area contributed by atoms with E-state index in [0.717, 1.165) is 5.75 Å². The van der Waals surface area contributed by atoms with E-state index in [0.29, 0.717) is 5.88 Å². The molecule has 3 N–H and O–H groups in total. The highest BCUT2D eigenvalue weighted by atomic mass is 32.2. The second-order valence-corrected chi connectivity index (χ2v) is 2.72. The van der Waals surface area contributed by atoms with Crippen LogP contribution < -0.4 is 11.1 Å². The molecule has 0 aromatic heterocycles. The normalized spacial score (nSPS) is 9.11. The Morgan fingerprint density at radius 3 is 2.89 bits per heavy atom. The summed E-state index contributed by atoms with van der Waals surface area (Å²) in [5.41, 5.74) is 5.03. The maximum atomic E-state index is 10.4. The number of carbonyl (C=O) groups is 1. The molecule has 0 atom stereocenters. The van der Waals surface area contributed by atoms with Gasteiger partial charge >= 0.3 is 0 Å². The Bertz CT molecular complexity index is 87.0. The summed E-state index contributed by atoms with van der Waals surface area (Å²) in [6.07, 6.45) is 0. The Labute approximate surface area is 59.4 Å². The molecule has 0 aliphatic rings. The van der Waals surface area contributed by atoms with Crippen LogP contribution in [0.4, 0.5) is 0 Å². The predicted molar refractivity (Wildman–Crippen MR) is 40.2 cm³/mol. The molecule has 9 heavy (non-hydrogen) atoms. The summed E-state index contributed by atoms with van der Waals surface area (Å²) >= 11 is 1.66. The van der Waals surface area contributed by atoms with Gasteiger partial charge in [-0.15, -0.1) is 11.8 Å². The van der Waals surface area contributed by atoms with Crippen LogP contribution in [0.25, 0.3) is 0 Å². The van der Waals surface area contributed by atoms with Crippen LogP contribution in [0, 0.1) is 0 Å². The molecule has 4 heteroatoms. The lowest BCUT2D eigenvalue weighted by Gasteiger charge is -1.99. The Balaban J connectivity index is 2.97. The molecule has 1 amide bonds. The van der Waals surface area contributed by atoms with Gasteiger partial charge in [0.25, 0.3) is 0 Å². The zero-order valence-corrected chi connectivity index (χ0v) is 6.33. The SMILES string of the molecule is CCSCNC(=O)CN. The number of hydrogen-bond acceptors (Lipinski definition) is 3. The second kappa shape index (κ2) is 5.91. The van der Waals surface area contributed by atoms with E-state index in [2.05, 4.69) is 5.32 Å². The molecule has 0 fully saturated rings. The summed E-state index contributed by atoms with van der Waals surface area (Å²) in [4.78, 5) is 10.4. The minimum Gasteiger partial charge on any atom is -0.346 e. The van der Waals surface area contributed by atoms with Gasteiger partial charge in [0.1, 0.15) is 0 Å². The van der Waals surface area contributed by atoms with Gasteiger partial charge in [-0.25, -0.2) is 0 Å². The van der Waals surface area contributed by atoms with Gasteiger partial charge in [0.05, 0.1) is 12.4 Å². The van der Waals surface area contributed by atoms with Crippen molar-refractivity contribution in [2.45, 2.75) is 6.92 Å². The van der Waals surface area contributed by atoms with Crippen molar-refractivity contribution >= 4 is 17.7 Å². The van der Waals surface area contributed by atoms with Crippen LogP contribution >= 0.6 is 11.8 Å². The lowest BCUT2D eigenvalue weighted by molar-refractivity contribution is -0.119. The molecule has 0 radical (unpaired) electrons. The van der Waals surface area contributed by atoms with Gasteiger partial charge in [-0.2, -0.15) is 0 Å². The predicted octanol–water partition coefficient (Wildman–Crippen LogP) is -0.228. The number of nitrogens with one attached hydrogen (secondary N) is 1. The van der Waals surface area contributed by atoms with Crippen molar-refractivity contribution in [3.63, 3.8) is 0 Å². The van der Waals surface area contributed by atoms with E-state index in [-0.39, 0.29) is 12.5 Å². The lowest BCUT2D eigenvalue weighted by Crippen LogP contribution is -2.29. The molecular formula is C5H12N2OS. The minimum atomic E-state index is -0.0871. The molecular weight excluding hydrogens is 136 g/mol. The fourth-order valence-corrected chi connectivity index (χ4v) is 0.773. The maximum Gasteiger partial charge on any atom is 0.234 e. The summed E-state index contributed by atoms with van der Waals surface area (Å²) in [6, 6.07) is 0. The molecule has 0 rings (SSSR count). The van der Waals surface area contributed by atoms with Crippen LogP contribution in [0.3, 0.4) is 0 Å². The van der Waals surface area contributed by atoms with E-state index in [9.17, 15) is 4.79 Å². The topological polar surface area (TPSA) is 55.1 Å². The summed E-state index contributed by atoms with van der Waals surface area (Å²) in [6.45, 7) is 2.13. The summed E-state index contributed by atoms with van der Waals surface area (Å²) in [5.74, 6) is 1.60. The summed E-state index contributed by atoms with van der Waals surface area (Å²) < 4.78 is 0. The van der Waals surface area contributed by atoms with E-state index in [4.69, 9.17) is 5.73 Å². The number of nitrogens with two attached hydrogens (primary N) is 1. The van der Waals surface area contributed by atoms with Crippen molar-refractivity contribution in [1.82, 2.24) is 5.32 Å². The molecule has 0 aliphatic heterocycles. The van der Waals surface area contributed by atoms with E-state index < -0.39 is 0 Å². The lowest BCUT2D eigenvalue weighted by atomic mass is 10.6. The monoisotopic (exact) mass is 148 g/mol. The molecule has 3 nitrogen and oxygen atoms in total. The fraction of sp³-hybridized carbons (Fsp3) is 0.800. The van der Waals surface area contributed by atoms with Crippen molar-refractivity contribution in [3.05, 3.63) is 0 Å². The van der Waals surface area contributed by atoms with Crippen LogP contribution in [0.1, 0.15) is 6.92 Å². The van der Waals surface area contributed by atoms with Gasteiger partial charge < -0.3 is 11.1 Å². The van der Waals surface area contributed by atoms with Crippen LogP contribution in [0.5, 0.6) is 0 Å². The van der Waals surface area contributed by atoms with Gasteiger partial charge in [0.15, 0.2) is 0 Å². The zero-order valence-electron chi connectivity index (χ0n) is 5.52. The van der Waals surface area contributed by atoms with Crippen LogP contribution in [-0.4, -0.2) is 24.1 Å². The summed E-state index contributed by atoms with van der Waals surface area (Å²) in [7, 11) is 0. The second-order valence-electron chi connectivity index (χ2n) is 1.44. The molecule has 0 aliphatic carbocycles. The van der Waals surface area contributed by atoms with Crippen molar-refractivity contribution in [1.29, 1.82) is 0 Å². The van der Waals surface area contributed by atoms with Gasteiger partial charge in [-0.3, -0.25) is 4.79 Å². The Hall–Kier alpha value is -0.220. The average Bonchev–Trinajstić information content (AvgIpc) is 1.89. The van der Waals surface area contributed by atoms with Gasteiger partial charge in [-0.05, 0) is 5.75 Å². The third-order valence-corrected chi connectivity index (χ3v) is 1.52. The first-order valence-electron chi connectivity index (χ1n) is 2.85. The first-order chi connectivity index (χ1) is 4.31. The first kappa shape index (κ1) is 8.78. The van der Waals surface area contributed by atoms with Crippen LogP contribution in [-0.2, 0) is 4.79 Å². The van der Waals surface area contributed by atoms with Gasteiger partial charge in [0.2, 0.25) is 5.91 Å². The first-order valence-corrected chi connectivity index (χ1v) is 4.01. The van der Waals surface area contributed by atoms with Crippen molar-refractivity contribution in [2.75, 3.05) is 18.2 Å². The van der Waals surface area contributed by atoms with E-state index in [1.54, 1.807) is 11.8 Å². The average molecular weight is 148 g/mol. The third kappa shape index (κ3) is 5.65. The Morgan fingerprint density at radius 1 is 1.78 bits per heavy atom. The van der Waals surface area contributed by atoms with Gasteiger partial charge in [0, 0.05) is 0 Å². The molecule has 0 bridgehead atoms. The van der Waals surface area contributed by atoms with E-state index in [1.807, 2.05) is 6.92 Å². The van der Waals surface area contributed by atoms with Crippen LogP contribution in [0.15, 0.2) is 0 Å². The zero-order chi connectivity index (χ0) is 7.11. The third-order valence-electron chi connectivity index (χ3n) is 0.761. The van der Waals surface area contributed by atoms with E-state index in [1.165, 1.54) is 0 Å². The smallest absolute Gasteiger partial charge is 0.234 e. The number of thioether (sulfide) groups is 1. The molecule has 0 saturated heterocycles. The molecule has 0 spiro atoms. The number of amides is 1. The highest BCUT2D eigenvalue weighted by Gasteiger charge is 1.92. The van der Waals surface area contributed by atoms with Crippen molar-refractivity contribution < 1.29 is 4.79 Å². The molecule has 0 aromatic rings. The van der Waals surface area contributed by atoms with Crippen molar-refractivity contribution in [3.8, 4) is 0 Å². The van der Waals surface area contributed by atoms with E-state index >= 15 is 0 Å². The largest absolute Gasteiger partial charge is 0.346 e. The molecule has 54 valence electrons. The molecule has 0 aromatic carbocycles. The standard InChI is InChI=1S/C5H12N2OS/c1-2-9-4-7-5(8)3-6/h2-4,6H2,1H3,(H,7,8). The number of carbonyl (C=O) groups excluding carboxylic acids is 1. The molecule has 0 saturated carbocycles. The number of hydrogen-bond donors (Lipinski definition) is 2. The maximum absolute atomic E-state index is 10.4. The highest BCUT2D eigenvalue weighted by Crippen LogP contribution is 1.92. The van der Waals surface area contributed by atoms with Gasteiger partial charge in [-0.1, -0.05) is 6.92 Å². The molecule has 0 heterocycles. The number of rotatable bonds is 4. The highest BCUT2D eigenvalue weighted by molar-refractivity contribution is 7.99. The quantitative estimate of drug-likeness (QED) is 0.428. The Kier molecular flexibility index (Phi) is 5.76. The van der Waals surface area contributed by atoms with Crippen LogP contribution in [0.2, 0.25) is 0 Å². The van der Waals surface area contributed by atoms with Crippen molar-refractivity contribution in [2.24, 2.45) is 5.73 Å². The Morgan fingerprint density at radius 2 is 2.44 bits per heavy atom.